The van der Waals surface area contributed by atoms with Crippen molar-refractivity contribution in [3.8, 4) is 0 Å². The number of thiazole rings is 1. The molecule has 1 aromatic carbocycles. The fourth-order valence-corrected chi connectivity index (χ4v) is 5.25. The van der Waals surface area contributed by atoms with Crippen LogP contribution in [0.1, 0.15) is 35.8 Å². The Morgan fingerprint density at radius 1 is 1.29 bits per heavy atom. The maximum atomic E-state index is 12.4. The zero-order chi connectivity index (χ0) is 19.5. The van der Waals surface area contributed by atoms with Crippen molar-refractivity contribution < 1.29 is 4.79 Å². The molecule has 0 bridgehead atoms. The van der Waals surface area contributed by atoms with Crippen molar-refractivity contribution in [1.82, 2.24) is 19.7 Å². The summed E-state index contributed by atoms with van der Waals surface area (Å²) in [7, 11) is 0. The molecule has 1 aliphatic rings. The molecular weight excluding hydrogens is 410 g/mol. The van der Waals surface area contributed by atoms with E-state index in [-0.39, 0.29) is 11.7 Å². The number of aryl methyl sites for hydroxylation is 1. The number of carbonyl (C=O) groups excluding carboxylic acids is 1. The molecule has 6 nitrogen and oxygen atoms in total. The molecule has 2 aromatic heterocycles. The third-order valence-corrected chi connectivity index (χ3v) is 7.64. The molecule has 1 fully saturated rings. The van der Waals surface area contributed by atoms with Crippen LogP contribution >= 0.6 is 34.9 Å². The minimum atomic E-state index is -0.0753. The van der Waals surface area contributed by atoms with E-state index in [2.05, 4.69) is 37.2 Å². The van der Waals surface area contributed by atoms with Gasteiger partial charge in [0.25, 0.3) is 0 Å². The quantitative estimate of drug-likeness (QED) is 0.532. The number of nitrogens with zero attached hydrogens (tertiary/aromatic N) is 4. The zero-order valence-electron chi connectivity index (χ0n) is 15.7. The third kappa shape index (κ3) is 4.59. The van der Waals surface area contributed by atoms with Crippen LogP contribution < -0.4 is 5.32 Å². The molecule has 3 aromatic rings. The smallest absolute Gasteiger partial charge is 0.236 e. The highest BCUT2D eigenvalue weighted by atomic mass is 32.2. The molecule has 0 spiro atoms. The highest BCUT2D eigenvalue weighted by Gasteiger charge is 2.30. The molecule has 9 heteroatoms. The fraction of sp³-hybridized carbons (Fsp3) is 0.368. The van der Waals surface area contributed by atoms with Gasteiger partial charge in [-0.25, -0.2) is 4.98 Å². The first-order valence-electron chi connectivity index (χ1n) is 9.05. The van der Waals surface area contributed by atoms with E-state index in [0.29, 0.717) is 11.0 Å². The van der Waals surface area contributed by atoms with E-state index < -0.39 is 0 Å². The van der Waals surface area contributed by atoms with Crippen molar-refractivity contribution in [1.29, 1.82) is 0 Å². The van der Waals surface area contributed by atoms with Gasteiger partial charge < -0.3 is 9.88 Å². The predicted octanol–water partition coefficient (Wildman–Crippen LogP) is 4.42. The summed E-state index contributed by atoms with van der Waals surface area (Å²) >= 11 is 4.58. The van der Waals surface area contributed by atoms with E-state index in [4.69, 9.17) is 0 Å². The fourth-order valence-electron chi connectivity index (χ4n) is 2.88. The van der Waals surface area contributed by atoms with E-state index in [1.165, 1.54) is 41.5 Å². The van der Waals surface area contributed by atoms with Crippen LogP contribution in [-0.4, -0.2) is 37.7 Å². The standard InChI is InChI=1S/C19H21N5OS3/c1-12-17(26-2)28-18(20-12)21-15(25)11-27-19-23-22-16(14-8-9-14)24(19)10-13-6-4-3-5-7-13/h3-7,14H,8-11H2,1-2H3,(H,20,21,25). The van der Waals surface area contributed by atoms with Crippen LogP contribution in [0.4, 0.5) is 5.13 Å². The molecule has 0 unspecified atom stereocenters. The van der Waals surface area contributed by atoms with Crippen LogP contribution in [0.3, 0.4) is 0 Å². The van der Waals surface area contributed by atoms with Crippen molar-refractivity contribution in [3.63, 3.8) is 0 Å². The summed E-state index contributed by atoms with van der Waals surface area (Å²) in [6.07, 6.45) is 4.34. The minimum Gasteiger partial charge on any atom is -0.301 e. The Hall–Kier alpha value is -1.84. The highest BCUT2D eigenvalue weighted by Crippen LogP contribution is 2.40. The van der Waals surface area contributed by atoms with E-state index in [1.54, 1.807) is 11.8 Å². The van der Waals surface area contributed by atoms with E-state index in [0.717, 1.165) is 27.4 Å². The molecule has 0 radical (unpaired) electrons. The second-order valence-corrected chi connectivity index (χ2v) is 9.64. The van der Waals surface area contributed by atoms with Crippen molar-refractivity contribution in [2.75, 3.05) is 17.3 Å². The molecule has 0 saturated heterocycles. The van der Waals surface area contributed by atoms with E-state index in [9.17, 15) is 4.79 Å². The molecule has 1 N–H and O–H groups in total. The molecule has 146 valence electrons. The van der Waals surface area contributed by atoms with Gasteiger partial charge in [-0.1, -0.05) is 53.4 Å². The first-order valence-corrected chi connectivity index (χ1v) is 12.1. The average Bonchev–Trinajstić information content (AvgIpc) is 3.37. The average molecular weight is 432 g/mol. The Morgan fingerprint density at radius 2 is 2.07 bits per heavy atom. The van der Waals surface area contributed by atoms with Crippen molar-refractivity contribution in [2.24, 2.45) is 0 Å². The Morgan fingerprint density at radius 3 is 2.75 bits per heavy atom. The number of amides is 1. The lowest BCUT2D eigenvalue weighted by molar-refractivity contribution is -0.113. The van der Waals surface area contributed by atoms with Crippen molar-refractivity contribution in [2.45, 2.75) is 41.6 Å². The Bertz CT molecular complexity index is 965. The molecule has 0 atom stereocenters. The van der Waals surface area contributed by atoms with Gasteiger partial charge in [0.05, 0.1) is 22.2 Å². The van der Waals surface area contributed by atoms with Crippen LogP contribution in [-0.2, 0) is 11.3 Å². The van der Waals surface area contributed by atoms with Gasteiger partial charge in [0, 0.05) is 5.92 Å². The van der Waals surface area contributed by atoms with E-state index >= 15 is 0 Å². The number of benzene rings is 1. The number of anilines is 1. The van der Waals surface area contributed by atoms with Gasteiger partial charge in [0.2, 0.25) is 5.91 Å². The van der Waals surface area contributed by atoms with Crippen molar-refractivity contribution >= 4 is 45.9 Å². The first kappa shape index (κ1) is 19.5. The molecule has 1 aliphatic carbocycles. The SMILES string of the molecule is CSc1sc(NC(=O)CSc2nnc(C3CC3)n2Cc2ccccc2)nc1C. The lowest BCUT2D eigenvalue weighted by atomic mass is 10.2. The Kier molecular flexibility index (Phi) is 6.03. The maximum Gasteiger partial charge on any atom is 0.236 e. The monoisotopic (exact) mass is 431 g/mol. The number of hydrogen-bond donors (Lipinski definition) is 1. The van der Waals surface area contributed by atoms with Gasteiger partial charge in [-0.15, -0.1) is 22.0 Å². The van der Waals surface area contributed by atoms with Crippen LogP contribution in [0.15, 0.2) is 39.7 Å². The Labute approximate surface area is 176 Å². The zero-order valence-corrected chi connectivity index (χ0v) is 18.2. The van der Waals surface area contributed by atoms with Gasteiger partial charge in [-0.05, 0) is 31.6 Å². The second-order valence-electron chi connectivity index (χ2n) is 6.62. The molecule has 1 amide bonds. The maximum absolute atomic E-state index is 12.4. The number of carbonyl (C=O) groups is 1. The van der Waals surface area contributed by atoms with Gasteiger partial charge in [-0.2, -0.15) is 0 Å². The summed E-state index contributed by atoms with van der Waals surface area (Å²) in [6, 6.07) is 10.3. The molecule has 2 heterocycles. The van der Waals surface area contributed by atoms with Crippen LogP contribution in [0.5, 0.6) is 0 Å². The van der Waals surface area contributed by atoms with Gasteiger partial charge in [0.1, 0.15) is 5.82 Å². The number of hydrogen-bond acceptors (Lipinski definition) is 7. The summed E-state index contributed by atoms with van der Waals surface area (Å²) in [4.78, 5) is 16.8. The van der Waals surface area contributed by atoms with Gasteiger partial charge in [-0.3, -0.25) is 4.79 Å². The molecular formula is C19H21N5OS3. The number of aromatic nitrogens is 4. The summed E-state index contributed by atoms with van der Waals surface area (Å²) in [5, 5.41) is 13.1. The lowest BCUT2D eigenvalue weighted by Crippen LogP contribution is -2.15. The summed E-state index contributed by atoms with van der Waals surface area (Å²) in [5.74, 6) is 1.74. The molecule has 28 heavy (non-hydrogen) atoms. The lowest BCUT2D eigenvalue weighted by Gasteiger charge is -2.10. The van der Waals surface area contributed by atoms with Crippen LogP contribution in [0, 0.1) is 6.92 Å². The predicted molar refractivity (Wildman–Crippen MR) is 116 cm³/mol. The molecule has 0 aliphatic heterocycles. The van der Waals surface area contributed by atoms with Gasteiger partial charge >= 0.3 is 0 Å². The number of nitrogens with one attached hydrogen (secondary N) is 1. The molecule has 4 rings (SSSR count). The van der Waals surface area contributed by atoms with E-state index in [1.807, 2.05) is 31.4 Å². The largest absolute Gasteiger partial charge is 0.301 e. The van der Waals surface area contributed by atoms with Crippen LogP contribution in [0.2, 0.25) is 0 Å². The number of thioether (sulfide) groups is 2. The third-order valence-electron chi connectivity index (χ3n) is 4.39. The van der Waals surface area contributed by atoms with Crippen LogP contribution in [0.25, 0.3) is 0 Å². The second kappa shape index (κ2) is 8.67. The molecule has 1 saturated carbocycles. The minimum absolute atomic E-state index is 0.0753. The Balaban J connectivity index is 1.43. The van der Waals surface area contributed by atoms with Gasteiger partial charge in [0.15, 0.2) is 10.3 Å². The van der Waals surface area contributed by atoms with Crippen molar-refractivity contribution in [3.05, 3.63) is 47.4 Å². The summed E-state index contributed by atoms with van der Waals surface area (Å²) in [6.45, 7) is 2.69. The normalized spacial score (nSPS) is 13.6. The summed E-state index contributed by atoms with van der Waals surface area (Å²) in [5.41, 5.74) is 2.16. The topological polar surface area (TPSA) is 72.7 Å². The first-order chi connectivity index (χ1) is 13.6. The highest BCUT2D eigenvalue weighted by molar-refractivity contribution is 8.00. The number of rotatable bonds is 8. The summed E-state index contributed by atoms with van der Waals surface area (Å²) < 4.78 is 3.28.